The molecule has 0 saturated heterocycles. The van der Waals surface area contributed by atoms with Crippen LogP contribution in [0.1, 0.15) is 29.3 Å². The second-order valence-electron chi connectivity index (χ2n) is 6.46. The Morgan fingerprint density at radius 1 is 1.07 bits per heavy atom. The van der Waals surface area contributed by atoms with Crippen LogP contribution in [-0.4, -0.2) is 29.5 Å². The zero-order chi connectivity index (χ0) is 19.9. The van der Waals surface area contributed by atoms with Crippen LogP contribution in [0.25, 0.3) is 11.3 Å². The molecule has 0 spiro atoms. The first kappa shape index (κ1) is 19.9. The fourth-order valence-corrected chi connectivity index (χ4v) is 3.61. The minimum Gasteiger partial charge on any atom is -0.545 e. The van der Waals surface area contributed by atoms with Crippen molar-refractivity contribution in [1.29, 1.82) is 0 Å². The number of carbonyl (C=O) groups is 1. The van der Waals surface area contributed by atoms with Crippen molar-refractivity contribution in [1.82, 2.24) is 9.97 Å². The Morgan fingerprint density at radius 2 is 1.86 bits per heavy atom. The van der Waals surface area contributed by atoms with Crippen LogP contribution in [-0.2, 0) is 5.75 Å². The summed E-state index contributed by atoms with van der Waals surface area (Å²) in [5.74, 6) is 0.287. The van der Waals surface area contributed by atoms with Crippen molar-refractivity contribution < 1.29 is 9.90 Å². The number of thioether (sulfide) groups is 1. The van der Waals surface area contributed by atoms with Crippen LogP contribution in [0.2, 0.25) is 0 Å². The maximum Gasteiger partial charge on any atom is 0.190 e. The molecule has 0 saturated carbocycles. The van der Waals surface area contributed by atoms with Crippen molar-refractivity contribution in [3.63, 3.8) is 0 Å². The highest BCUT2D eigenvalue weighted by atomic mass is 32.2. The highest BCUT2D eigenvalue weighted by molar-refractivity contribution is 7.98. The zero-order valence-electron chi connectivity index (χ0n) is 16.0. The molecule has 0 unspecified atom stereocenters. The Morgan fingerprint density at radius 3 is 2.57 bits per heavy atom. The minimum atomic E-state index is -1.17. The summed E-state index contributed by atoms with van der Waals surface area (Å²) in [4.78, 5) is 22.6. The molecule has 144 valence electrons. The summed E-state index contributed by atoms with van der Waals surface area (Å²) in [7, 11) is 2.03. The Hall–Kier alpha value is -2.86. The van der Waals surface area contributed by atoms with Crippen LogP contribution in [0.4, 0.5) is 5.82 Å². The van der Waals surface area contributed by atoms with Gasteiger partial charge in [0.15, 0.2) is 5.16 Å². The number of carboxylic acids is 1. The quantitative estimate of drug-likeness (QED) is 0.431. The van der Waals surface area contributed by atoms with Crippen LogP contribution in [0.3, 0.4) is 0 Å². The van der Waals surface area contributed by atoms with Crippen molar-refractivity contribution in [3.05, 3.63) is 71.8 Å². The molecule has 0 aliphatic rings. The van der Waals surface area contributed by atoms with Crippen LogP contribution >= 0.6 is 11.8 Å². The molecule has 0 fully saturated rings. The number of hydrogen-bond donors (Lipinski definition) is 0. The van der Waals surface area contributed by atoms with E-state index in [1.807, 2.05) is 49.5 Å². The topological polar surface area (TPSA) is 69.2 Å². The van der Waals surface area contributed by atoms with Crippen LogP contribution in [0.5, 0.6) is 0 Å². The van der Waals surface area contributed by atoms with Gasteiger partial charge in [0.1, 0.15) is 5.82 Å². The maximum atomic E-state index is 11.1. The average molecular weight is 393 g/mol. The summed E-state index contributed by atoms with van der Waals surface area (Å²) in [6.07, 6.45) is 1.03. The molecule has 0 bridgehead atoms. The molecule has 0 N–H and O–H groups in total. The van der Waals surface area contributed by atoms with Gasteiger partial charge in [-0.1, -0.05) is 67.2 Å². The summed E-state index contributed by atoms with van der Waals surface area (Å²) in [6.45, 7) is 3.04. The van der Waals surface area contributed by atoms with Crippen molar-refractivity contribution in [2.24, 2.45) is 0 Å². The lowest BCUT2D eigenvalue weighted by Crippen LogP contribution is -2.22. The van der Waals surface area contributed by atoms with Gasteiger partial charge >= 0.3 is 0 Å². The molecule has 0 aliphatic carbocycles. The van der Waals surface area contributed by atoms with E-state index in [9.17, 15) is 9.90 Å². The largest absolute Gasteiger partial charge is 0.545 e. The molecular weight excluding hydrogens is 370 g/mol. The van der Waals surface area contributed by atoms with Gasteiger partial charge in [-0.05, 0) is 23.6 Å². The first-order chi connectivity index (χ1) is 13.6. The SMILES string of the molecule is CCCN(C)c1cc(-c2ccccc2)nc(SCc2cccc(C(=O)[O-])c2)n1. The van der Waals surface area contributed by atoms with Crippen molar-refractivity contribution in [3.8, 4) is 11.3 Å². The third-order valence-electron chi connectivity index (χ3n) is 4.24. The van der Waals surface area contributed by atoms with E-state index in [2.05, 4.69) is 11.8 Å². The normalized spacial score (nSPS) is 10.6. The molecule has 1 heterocycles. The number of carboxylic acid groups (broad SMARTS) is 1. The van der Waals surface area contributed by atoms with Crippen LogP contribution in [0, 0.1) is 0 Å². The molecule has 0 radical (unpaired) electrons. The molecule has 1 aromatic heterocycles. The lowest BCUT2D eigenvalue weighted by molar-refractivity contribution is -0.255. The van der Waals surface area contributed by atoms with E-state index >= 15 is 0 Å². The monoisotopic (exact) mass is 392 g/mol. The molecular formula is C22H22N3O2S-. The first-order valence-electron chi connectivity index (χ1n) is 9.15. The van der Waals surface area contributed by atoms with Gasteiger partial charge in [-0.15, -0.1) is 0 Å². The van der Waals surface area contributed by atoms with E-state index < -0.39 is 5.97 Å². The van der Waals surface area contributed by atoms with E-state index in [4.69, 9.17) is 9.97 Å². The van der Waals surface area contributed by atoms with E-state index in [0.717, 1.165) is 35.6 Å². The fraction of sp³-hybridized carbons (Fsp3) is 0.227. The van der Waals surface area contributed by atoms with Crippen molar-refractivity contribution in [2.45, 2.75) is 24.3 Å². The van der Waals surface area contributed by atoms with E-state index in [-0.39, 0.29) is 5.56 Å². The number of rotatable bonds is 8. The van der Waals surface area contributed by atoms with E-state index in [1.54, 1.807) is 12.1 Å². The summed E-state index contributed by atoms with van der Waals surface area (Å²) >= 11 is 1.49. The number of carbonyl (C=O) groups excluding carboxylic acids is 1. The lowest BCUT2D eigenvalue weighted by Gasteiger charge is -2.18. The number of hydrogen-bond acceptors (Lipinski definition) is 6. The van der Waals surface area contributed by atoms with Crippen LogP contribution in [0.15, 0.2) is 65.8 Å². The van der Waals surface area contributed by atoms with Crippen LogP contribution < -0.4 is 10.0 Å². The molecule has 28 heavy (non-hydrogen) atoms. The summed E-state index contributed by atoms with van der Waals surface area (Å²) in [6, 6.07) is 18.8. The molecule has 0 atom stereocenters. The molecule has 0 amide bonds. The molecule has 2 aromatic carbocycles. The highest BCUT2D eigenvalue weighted by Gasteiger charge is 2.11. The number of anilines is 1. The van der Waals surface area contributed by atoms with Gasteiger partial charge in [0, 0.05) is 31.0 Å². The second-order valence-corrected chi connectivity index (χ2v) is 7.40. The zero-order valence-corrected chi connectivity index (χ0v) is 16.8. The fourth-order valence-electron chi connectivity index (χ4n) is 2.82. The third kappa shape index (κ3) is 5.10. The van der Waals surface area contributed by atoms with E-state index in [1.165, 1.54) is 17.8 Å². The first-order valence-corrected chi connectivity index (χ1v) is 10.1. The molecule has 6 heteroatoms. The number of nitrogens with zero attached hydrogens (tertiary/aromatic N) is 3. The number of benzene rings is 2. The maximum absolute atomic E-state index is 11.1. The molecule has 0 aliphatic heterocycles. The van der Waals surface area contributed by atoms with Crippen molar-refractivity contribution >= 4 is 23.5 Å². The van der Waals surface area contributed by atoms with Gasteiger partial charge in [0.25, 0.3) is 0 Å². The average Bonchev–Trinajstić information content (AvgIpc) is 2.73. The third-order valence-corrected chi connectivity index (χ3v) is 5.16. The number of aromatic carboxylic acids is 1. The second kappa shape index (κ2) is 9.37. The summed E-state index contributed by atoms with van der Waals surface area (Å²) in [5, 5.41) is 11.7. The Bertz CT molecular complexity index is 948. The predicted molar refractivity (Wildman–Crippen MR) is 111 cm³/mol. The molecule has 3 aromatic rings. The van der Waals surface area contributed by atoms with Gasteiger partial charge in [-0.25, -0.2) is 9.97 Å². The van der Waals surface area contributed by atoms with Gasteiger partial charge in [-0.2, -0.15) is 0 Å². The van der Waals surface area contributed by atoms with Gasteiger partial charge in [0.05, 0.1) is 11.7 Å². The number of aromatic nitrogens is 2. The predicted octanol–water partition coefficient (Wildman–Crippen LogP) is 3.65. The van der Waals surface area contributed by atoms with E-state index in [0.29, 0.717) is 10.9 Å². The Labute approximate surface area is 169 Å². The lowest BCUT2D eigenvalue weighted by atomic mass is 10.1. The molecule has 3 rings (SSSR count). The molecule has 5 nitrogen and oxygen atoms in total. The van der Waals surface area contributed by atoms with Gasteiger partial charge in [0.2, 0.25) is 0 Å². The van der Waals surface area contributed by atoms with Gasteiger partial charge in [-0.3, -0.25) is 0 Å². The smallest absolute Gasteiger partial charge is 0.190 e. The Balaban J connectivity index is 1.88. The summed E-state index contributed by atoms with van der Waals surface area (Å²) < 4.78 is 0. The standard InChI is InChI=1S/C22H23N3O2S/c1-3-12-25(2)20-14-19(17-9-5-4-6-10-17)23-22(24-20)28-15-16-8-7-11-18(13-16)21(26)27/h4-11,13-14H,3,12,15H2,1-2H3,(H,26,27)/p-1. The highest BCUT2D eigenvalue weighted by Crippen LogP contribution is 2.27. The minimum absolute atomic E-state index is 0.181. The summed E-state index contributed by atoms with van der Waals surface area (Å²) in [5.41, 5.74) is 2.99. The van der Waals surface area contributed by atoms with Crippen molar-refractivity contribution in [2.75, 3.05) is 18.5 Å². The van der Waals surface area contributed by atoms with Gasteiger partial charge < -0.3 is 14.8 Å². The Kier molecular flexibility index (Phi) is 6.66.